The normalized spacial score (nSPS) is 12.1. The molecule has 3 rings (SSSR count). The second kappa shape index (κ2) is 6.63. The Hall–Kier alpha value is -2.65. The lowest BCUT2D eigenvalue weighted by molar-refractivity contribution is -0.115. The number of aliphatic hydroxyl groups is 1. The highest BCUT2D eigenvalue weighted by atomic mass is 16.3. The van der Waals surface area contributed by atoms with Crippen molar-refractivity contribution >= 4 is 22.4 Å². The van der Waals surface area contributed by atoms with Crippen molar-refractivity contribution in [3.63, 3.8) is 0 Å². The summed E-state index contributed by atoms with van der Waals surface area (Å²) in [6.07, 6.45) is -0.231. The predicted octanol–water partition coefficient (Wildman–Crippen LogP) is 4.07. The summed E-state index contributed by atoms with van der Waals surface area (Å²) in [5.41, 5.74) is 2.49. The number of benzene rings is 3. The van der Waals surface area contributed by atoms with Gasteiger partial charge in [-0.1, -0.05) is 54.6 Å². The molecule has 0 spiro atoms. The lowest BCUT2D eigenvalue weighted by Gasteiger charge is -2.10. The van der Waals surface area contributed by atoms with Crippen LogP contribution in [0.5, 0.6) is 0 Å². The number of hydrogen-bond donors (Lipinski definition) is 2. The molecule has 3 aromatic carbocycles. The van der Waals surface area contributed by atoms with Gasteiger partial charge in [-0.15, -0.1) is 0 Å². The fraction of sp³-hybridized carbons (Fsp3) is 0.150. The van der Waals surface area contributed by atoms with Gasteiger partial charge in [-0.2, -0.15) is 0 Å². The van der Waals surface area contributed by atoms with E-state index < -0.39 is 6.10 Å². The summed E-state index contributed by atoms with van der Waals surface area (Å²) in [6.45, 7) is 1.71. The molecule has 0 aromatic heterocycles. The largest absolute Gasteiger partial charge is 0.389 e. The van der Waals surface area contributed by atoms with Gasteiger partial charge in [0, 0.05) is 5.69 Å². The highest BCUT2D eigenvalue weighted by molar-refractivity contribution is 5.96. The zero-order valence-corrected chi connectivity index (χ0v) is 13.0. The molecule has 0 aliphatic rings. The van der Waals surface area contributed by atoms with Crippen LogP contribution in [0.4, 0.5) is 5.69 Å². The van der Waals surface area contributed by atoms with E-state index in [9.17, 15) is 9.90 Å². The van der Waals surface area contributed by atoms with Gasteiger partial charge >= 0.3 is 0 Å². The zero-order valence-electron chi connectivity index (χ0n) is 13.0. The van der Waals surface area contributed by atoms with Gasteiger partial charge < -0.3 is 10.4 Å². The molecule has 0 aliphatic carbocycles. The summed E-state index contributed by atoms with van der Waals surface area (Å²) in [4.78, 5) is 12.3. The van der Waals surface area contributed by atoms with Crippen LogP contribution in [0.25, 0.3) is 10.8 Å². The van der Waals surface area contributed by atoms with Crippen LogP contribution in [-0.2, 0) is 11.2 Å². The van der Waals surface area contributed by atoms with Crippen LogP contribution >= 0.6 is 0 Å². The summed E-state index contributed by atoms with van der Waals surface area (Å²) >= 11 is 0. The van der Waals surface area contributed by atoms with Crippen LogP contribution < -0.4 is 5.32 Å². The molecule has 116 valence electrons. The number of anilines is 1. The minimum absolute atomic E-state index is 0.0657. The highest BCUT2D eigenvalue weighted by Gasteiger charge is 2.08. The maximum atomic E-state index is 12.3. The van der Waals surface area contributed by atoms with Crippen molar-refractivity contribution in [3.05, 3.63) is 77.9 Å². The molecular weight excluding hydrogens is 286 g/mol. The summed E-state index contributed by atoms with van der Waals surface area (Å²) in [5.74, 6) is -0.0657. The van der Waals surface area contributed by atoms with Crippen LogP contribution in [0, 0.1) is 0 Å². The summed E-state index contributed by atoms with van der Waals surface area (Å²) in [6, 6.07) is 21.3. The van der Waals surface area contributed by atoms with Crippen molar-refractivity contribution < 1.29 is 9.90 Å². The molecule has 3 nitrogen and oxygen atoms in total. The number of amides is 1. The van der Waals surface area contributed by atoms with Crippen molar-refractivity contribution in [3.8, 4) is 0 Å². The third-order valence-electron chi connectivity index (χ3n) is 3.88. The number of fused-ring (bicyclic) bond motifs is 1. The van der Waals surface area contributed by atoms with E-state index in [1.807, 2.05) is 60.7 Å². The van der Waals surface area contributed by atoms with E-state index in [0.29, 0.717) is 12.1 Å². The maximum absolute atomic E-state index is 12.3. The fourth-order valence-electron chi connectivity index (χ4n) is 2.70. The molecule has 0 saturated carbocycles. The number of carbonyl (C=O) groups is 1. The number of carbonyl (C=O) groups excluding carboxylic acids is 1. The monoisotopic (exact) mass is 305 g/mol. The fourth-order valence-corrected chi connectivity index (χ4v) is 2.70. The van der Waals surface area contributed by atoms with E-state index >= 15 is 0 Å². The Morgan fingerprint density at radius 3 is 2.61 bits per heavy atom. The lowest BCUT2D eigenvalue weighted by Crippen LogP contribution is -2.14. The van der Waals surface area contributed by atoms with Gasteiger partial charge in [-0.05, 0) is 41.0 Å². The van der Waals surface area contributed by atoms with Crippen LogP contribution in [0.1, 0.15) is 24.2 Å². The average molecular weight is 305 g/mol. The van der Waals surface area contributed by atoms with E-state index in [0.717, 1.165) is 21.9 Å². The molecule has 3 aromatic rings. The van der Waals surface area contributed by atoms with Crippen molar-refractivity contribution in [2.45, 2.75) is 19.4 Å². The molecule has 1 atom stereocenters. The number of hydrogen-bond acceptors (Lipinski definition) is 2. The van der Waals surface area contributed by atoms with Crippen LogP contribution in [-0.4, -0.2) is 11.0 Å². The predicted molar refractivity (Wildman–Crippen MR) is 93.4 cm³/mol. The first kappa shape index (κ1) is 15.3. The molecule has 0 heterocycles. The smallest absolute Gasteiger partial charge is 0.228 e. The van der Waals surface area contributed by atoms with Gasteiger partial charge in [0.2, 0.25) is 5.91 Å². The molecule has 0 bridgehead atoms. The third kappa shape index (κ3) is 3.58. The summed E-state index contributed by atoms with van der Waals surface area (Å²) in [7, 11) is 0. The Morgan fingerprint density at radius 1 is 1.04 bits per heavy atom. The second-order valence-corrected chi connectivity index (χ2v) is 5.66. The van der Waals surface area contributed by atoms with E-state index in [2.05, 4.69) is 5.32 Å². The number of nitrogens with one attached hydrogen (secondary N) is 1. The SMILES string of the molecule is C[C@@H](O)c1cccc(NC(=O)Cc2cccc3ccccc23)c1. The van der Waals surface area contributed by atoms with Crippen molar-refractivity contribution in [1.29, 1.82) is 0 Å². The molecule has 0 saturated heterocycles. The van der Waals surface area contributed by atoms with Crippen LogP contribution in [0.3, 0.4) is 0 Å². The van der Waals surface area contributed by atoms with E-state index in [-0.39, 0.29) is 5.91 Å². The number of aliphatic hydroxyl groups excluding tert-OH is 1. The van der Waals surface area contributed by atoms with Crippen LogP contribution in [0.2, 0.25) is 0 Å². The molecule has 0 fully saturated rings. The molecule has 0 aliphatic heterocycles. The Kier molecular flexibility index (Phi) is 4.40. The Balaban J connectivity index is 1.78. The standard InChI is InChI=1S/C20H19NO2/c1-14(22)16-8-5-10-18(12-16)21-20(23)13-17-9-4-7-15-6-2-3-11-19(15)17/h2-12,14,22H,13H2,1H3,(H,21,23)/t14-/m1/s1. The van der Waals surface area contributed by atoms with Gasteiger partial charge in [0.05, 0.1) is 12.5 Å². The maximum Gasteiger partial charge on any atom is 0.228 e. The quantitative estimate of drug-likeness (QED) is 0.763. The first-order valence-corrected chi connectivity index (χ1v) is 7.68. The molecule has 0 unspecified atom stereocenters. The minimum Gasteiger partial charge on any atom is -0.389 e. The molecule has 0 radical (unpaired) electrons. The topological polar surface area (TPSA) is 49.3 Å². The molecular formula is C20H19NO2. The Morgan fingerprint density at radius 2 is 1.78 bits per heavy atom. The van der Waals surface area contributed by atoms with Gasteiger partial charge in [0.1, 0.15) is 0 Å². The van der Waals surface area contributed by atoms with E-state index in [1.54, 1.807) is 13.0 Å². The highest BCUT2D eigenvalue weighted by Crippen LogP contribution is 2.20. The van der Waals surface area contributed by atoms with Gasteiger partial charge in [0.15, 0.2) is 0 Å². The van der Waals surface area contributed by atoms with Crippen molar-refractivity contribution in [2.24, 2.45) is 0 Å². The third-order valence-corrected chi connectivity index (χ3v) is 3.88. The second-order valence-electron chi connectivity index (χ2n) is 5.66. The molecule has 3 heteroatoms. The first-order valence-electron chi connectivity index (χ1n) is 7.68. The molecule has 2 N–H and O–H groups in total. The first-order chi connectivity index (χ1) is 11.1. The van der Waals surface area contributed by atoms with Gasteiger partial charge in [0.25, 0.3) is 0 Å². The van der Waals surface area contributed by atoms with Gasteiger partial charge in [-0.25, -0.2) is 0 Å². The number of rotatable bonds is 4. The minimum atomic E-state index is -0.551. The summed E-state index contributed by atoms with van der Waals surface area (Å²) < 4.78 is 0. The molecule has 23 heavy (non-hydrogen) atoms. The zero-order chi connectivity index (χ0) is 16.2. The van der Waals surface area contributed by atoms with Crippen LogP contribution in [0.15, 0.2) is 66.7 Å². The van der Waals surface area contributed by atoms with Gasteiger partial charge in [-0.3, -0.25) is 4.79 Å². The lowest BCUT2D eigenvalue weighted by atomic mass is 10.0. The van der Waals surface area contributed by atoms with E-state index in [4.69, 9.17) is 0 Å². The Bertz CT molecular complexity index is 834. The Labute approximate surface area is 135 Å². The molecule has 1 amide bonds. The summed E-state index contributed by atoms with van der Waals surface area (Å²) in [5, 5.41) is 14.8. The van der Waals surface area contributed by atoms with Crippen molar-refractivity contribution in [2.75, 3.05) is 5.32 Å². The van der Waals surface area contributed by atoms with E-state index in [1.165, 1.54) is 0 Å². The van der Waals surface area contributed by atoms with Crippen molar-refractivity contribution in [1.82, 2.24) is 0 Å². The average Bonchev–Trinajstić information content (AvgIpc) is 2.55.